The van der Waals surface area contributed by atoms with Crippen molar-refractivity contribution in [1.29, 1.82) is 0 Å². The van der Waals surface area contributed by atoms with Crippen LogP contribution in [0, 0.1) is 0 Å². The second kappa shape index (κ2) is 8.13. The van der Waals surface area contributed by atoms with E-state index in [4.69, 9.17) is 4.74 Å². The summed E-state index contributed by atoms with van der Waals surface area (Å²) < 4.78 is 6.74. The molecule has 3 aromatic carbocycles. The molecule has 0 spiro atoms. The van der Waals surface area contributed by atoms with E-state index in [0.717, 1.165) is 32.3 Å². The van der Waals surface area contributed by atoms with E-state index in [9.17, 15) is 14.7 Å². The van der Waals surface area contributed by atoms with Gasteiger partial charge in [-0.2, -0.15) is 0 Å². The highest BCUT2D eigenvalue weighted by molar-refractivity contribution is 7.23. The fraction of sp³-hybridized carbons (Fsp3) is 0.154. The number of amides is 1. The number of anilines is 1. The van der Waals surface area contributed by atoms with Crippen LogP contribution in [0.15, 0.2) is 78.9 Å². The smallest absolute Gasteiger partial charge is 0.415 e. The molecule has 1 N–H and O–H groups in total. The first-order valence-corrected chi connectivity index (χ1v) is 11.2. The molecule has 0 saturated heterocycles. The molecule has 1 atom stereocenters. The number of rotatable bonds is 5. The molecule has 0 bridgehead atoms. The van der Waals surface area contributed by atoms with Gasteiger partial charge in [0.2, 0.25) is 0 Å². The van der Waals surface area contributed by atoms with Gasteiger partial charge in [-0.25, -0.2) is 9.59 Å². The van der Waals surface area contributed by atoms with Gasteiger partial charge in [0.15, 0.2) is 0 Å². The molecule has 6 heteroatoms. The van der Waals surface area contributed by atoms with Crippen LogP contribution in [0.5, 0.6) is 0 Å². The van der Waals surface area contributed by atoms with Crippen LogP contribution in [0.3, 0.4) is 0 Å². The van der Waals surface area contributed by atoms with Crippen LogP contribution >= 0.6 is 11.3 Å². The quantitative estimate of drug-likeness (QED) is 0.403. The molecular weight excluding hydrogens is 422 g/mol. The standard InChI is InChI=1S/C26H21NO4S/c1-16(25(28)29)27(24-14-17-8-2-7-13-23(17)32-24)26(30)31-15-22-20-11-5-3-9-18(20)19-10-4-6-12-21(19)22/h2-14,16,22H,15H2,1H3,(H,28,29)/t16-/m0/s1. The Kier molecular flexibility index (Phi) is 5.15. The van der Waals surface area contributed by atoms with E-state index in [-0.39, 0.29) is 12.5 Å². The van der Waals surface area contributed by atoms with Crippen LogP contribution in [-0.2, 0) is 9.53 Å². The number of carbonyl (C=O) groups is 2. The van der Waals surface area contributed by atoms with Crippen molar-refractivity contribution < 1.29 is 19.4 Å². The summed E-state index contributed by atoms with van der Waals surface area (Å²) in [4.78, 5) is 26.2. The van der Waals surface area contributed by atoms with Crippen LogP contribution in [0.4, 0.5) is 9.80 Å². The number of hydrogen-bond donors (Lipinski definition) is 1. The van der Waals surface area contributed by atoms with E-state index in [1.165, 1.54) is 23.2 Å². The van der Waals surface area contributed by atoms with Crippen LogP contribution in [-0.4, -0.2) is 29.8 Å². The summed E-state index contributed by atoms with van der Waals surface area (Å²) in [5.41, 5.74) is 4.51. The van der Waals surface area contributed by atoms with Crippen LogP contribution < -0.4 is 4.90 Å². The highest BCUT2D eigenvalue weighted by atomic mass is 32.1. The number of benzene rings is 3. The number of ether oxygens (including phenoxy) is 1. The Morgan fingerprint density at radius 1 is 0.969 bits per heavy atom. The van der Waals surface area contributed by atoms with E-state index in [1.54, 1.807) is 0 Å². The summed E-state index contributed by atoms with van der Waals surface area (Å²) in [5, 5.41) is 11.1. The van der Waals surface area contributed by atoms with E-state index in [0.29, 0.717) is 5.00 Å². The summed E-state index contributed by atoms with van der Waals surface area (Å²) in [6.45, 7) is 1.63. The van der Waals surface area contributed by atoms with Gasteiger partial charge >= 0.3 is 12.1 Å². The molecule has 5 nitrogen and oxygen atoms in total. The van der Waals surface area contributed by atoms with Crippen molar-refractivity contribution in [3.63, 3.8) is 0 Å². The SMILES string of the molecule is C[C@@H](C(=O)O)N(C(=O)OCC1c2ccccc2-c2ccccc21)c1cc2ccccc2s1. The predicted octanol–water partition coefficient (Wildman–Crippen LogP) is 6.13. The minimum absolute atomic E-state index is 0.0873. The lowest BCUT2D eigenvalue weighted by atomic mass is 9.98. The van der Waals surface area contributed by atoms with Crippen molar-refractivity contribution >= 4 is 38.5 Å². The highest BCUT2D eigenvalue weighted by Crippen LogP contribution is 2.44. The topological polar surface area (TPSA) is 66.8 Å². The molecular formula is C26H21NO4S. The molecule has 1 aromatic heterocycles. The van der Waals surface area contributed by atoms with Gasteiger partial charge in [-0.3, -0.25) is 4.90 Å². The van der Waals surface area contributed by atoms with Gasteiger partial charge in [-0.15, -0.1) is 11.3 Å². The molecule has 0 radical (unpaired) electrons. The second-order valence-electron chi connectivity index (χ2n) is 7.81. The maximum Gasteiger partial charge on any atom is 0.415 e. The first-order chi connectivity index (χ1) is 15.5. The number of hydrogen-bond acceptors (Lipinski definition) is 4. The van der Waals surface area contributed by atoms with Gasteiger partial charge in [0.05, 0.1) is 0 Å². The molecule has 160 valence electrons. The van der Waals surface area contributed by atoms with Crippen LogP contribution in [0.1, 0.15) is 24.0 Å². The maximum absolute atomic E-state index is 13.2. The number of thiophene rings is 1. The number of carbonyl (C=O) groups excluding carboxylic acids is 1. The van der Waals surface area contributed by atoms with Gasteiger partial charge < -0.3 is 9.84 Å². The molecule has 0 fully saturated rings. The molecule has 0 saturated carbocycles. The molecule has 1 heterocycles. The van der Waals surface area contributed by atoms with Crippen molar-refractivity contribution in [1.82, 2.24) is 0 Å². The Morgan fingerprint density at radius 3 is 2.19 bits per heavy atom. The van der Waals surface area contributed by atoms with E-state index < -0.39 is 18.1 Å². The maximum atomic E-state index is 13.2. The predicted molar refractivity (Wildman–Crippen MR) is 126 cm³/mol. The summed E-state index contributed by atoms with van der Waals surface area (Å²) in [7, 11) is 0. The van der Waals surface area contributed by atoms with Crippen molar-refractivity contribution in [2.45, 2.75) is 18.9 Å². The Hall–Kier alpha value is -3.64. The summed E-state index contributed by atoms with van der Waals surface area (Å²) in [5.74, 6) is -1.17. The molecule has 1 aliphatic rings. The van der Waals surface area contributed by atoms with Gasteiger partial charge in [0.25, 0.3) is 0 Å². The Balaban J connectivity index is 1.44. The van der Waals surface area contributed by atoms with Gasteiger partial charge in [-0.05, 0) is 46.7 Å². The molecule has 0 aliphatic heterocycles. The molecule has 1 amide bonds. The number of fused-ring (bicyclic) bond motifs is 4. The first kappa shape index (κ1) is 20.3. The van der Waals surface area contributed by atoms with E-state index >= 15 is 0 Å². The minimum Gasteiger partial charge on any atom is -0.480 e. The second-order valence-corrected chi connectivity index (χ2v) is 8.87. The van der Waals surface area contributed by atoms with Gasteiger partial charge in [0, 0.05) is 10.6 Å². The zero-order valence-electron chi connectivity index (χ0n) is 17.4. The third kappa shape index (κ3) is 3.42. The monoisotopic (exact) mass is 443 g/mol. The van der Waals surface area contributed by atoms with E-state index in [1.807, 2.05) is 54.6 Å². The highest BCUT2D eigenvalue weighted by Gasteiger charge is 2.33. The van der Waals surface area contributed by atoms with Crippen LogP contribution in [0.2, 0.25) is 0 Å². The zero-order chi connectivity index (χ0) is 22.2. The normalized spacial score (nSPS) is 13.4. The lowest BCUT2D eigenvalue weighted by Crippen LogP contribution is -2.43. The minimum atomic E-state index is -1.09. The Labute approximate surface area is 189 Å². The summed E-state index contributed by atoms with van der Waals surface area (Å²) in [6.07, 6.45) is -0.659. The molecule has 32 heavy (non-hydrogen) atoms. The van der Waals surface area contributed by atoms with Crippen molar-refractivity contribution in [2.24, 2.45) is 0 Å². The van der Waals surface area contributed by atoms with Crippen molar-refractivity contribution in [3.8, 4) is 11.1 Å². The number of carboxylic acids is 1. The molecule has 5 rings (SSSR count). The number of aliphatic carboxylic acids is 1. The summed E-state index contributed by atoms with van der Waals surface area (Å²) >= 11 is 1.38. The molecule has 0 unspecified atom stereocenters. The third-order valence-corrected chi connectivity index (χ3v) is 7.04. The first-order valence-electron chi connectivity index (χ1n) is 10.4. The van der Waals surface area contributed by atoms with Crippen molar-refractivity contribution in [2.75, 3.05) is 11.5 Å². The Morgan fingerprint density at radius 2 is 1.56 bits per heavy atom. The van der Waals surface area contributed by atoms with Gasteiger partial charge in [-0.1, -0.05) is 66.7 Å². The van der Waals surface area contributed by atoms with E-state index in [2.05, 4.69) is 24.3 Å². The third-order valence-electron chi connectivity index (χ3n) is 5.93. The lowest BCUT2D eigenvalue weighted by molar-refractivity contribution is -0.138. The number of nitrogens with zero attached hydrogens (tertiary/aromatic N) is 1. The largest absolute Gasteiger partial charge is 0.480 e. The lowest BCUT2D eigenvalue weighted by Gasteiger charge is -2.25. The average molecular weight is 444 g/mol. The average Bonchev–Trinajstić information content (AvgIpc) is 3.37. The molecule has 4 aromatic rings. The molecule has 1 aliphatic carbocycles. The van der Waals surface area contributed by atoms with Crippen molar-refractivity contribution in [3.05, 3.63) is 90.0 Å². The fourth-order valence-corrected chi connectivity index (χ4v) is 5.43. The van der Waals surface area contributed by atoms with Gasteiger partial charge in [0.1, 0.15) is 17.6 Å². The fourth-order valence-electron chi connectivity index (χ4n) is 4.30. The Bertz CT molecular complexity index is 1250. The van der Waals surface area contributed by atoms with Crippen LogP contribution in [0.25, 0.3) is 21.2 Å². The summed E-state index contributed by atoms with van der Waals surface area (Å²) in [6, 6.07) is 24.7. The number of carboxylic acid groups (broad SMARTS) is 1. The zero-order valence-corrected chi connectivity index (χ0v) is 18.2.